The molecule has 0 aromatic carbocycles. The van der Waals surface area contributed by atoms with Gasteiger partial charge in [0.1, 0.15) is 0 Å². The largest absolute Gasteiger partial charge is 0.481 e. The summed E-state index contributed by atoms with van der Waals surface area (Å²) < 4.78 is 1.55. The molecule has 1 unspecified atom stereocenters. The van der Waals surface area contributed by atoms with Crippen LogP contribution in [0.3, 0.4) is 0 Å². The number of hydrogen-bond donors (Lipinski definition) is 3. The molecule has 1 heterocycles. The van der Waals surface area contributed by atoms with E-state index in [0.717, 1.165) is 18.2 Å². The highest BCUT2D eigenvalue weighted by Gasteiger charge is 2.13. The van der Waals surface area contributed by atoms with Crippen LogP contribution >= 0.6 is 11.8 Å². The molecular formula is C11H19N5O3S. The summed E-state index contributed by atoms with van der Waals surface area (Å²) >= 11 is 1.02. The number of hydrogen-bond acceptors (Lipinski definition) is 6. The standard InChI is InChI=1S/C11H19N5O3S/c1-3-7(2)13-8(17)4-5-16-10(12)14-15-11(16)20-6-9(18)19/h7H,3-6H2,1-2H3,(H2,12,14)(H,13,17)(H,18,19). The normalized spacial score (nSPS) is 12.1. The van der Waals surface area contributed by atoms with E-state index in [1.807, 2.05) is 13.8 Å². The Kier molecular flexibility index (Phi) is 6.29. The van der Waals surface area contributed by atoms with Crippen LogP contribution in [0.2, 0.25) is 0 Å². The van der Waals surface area contributed by atoms with Crippen LogP contribution in [0.5, 0.6) is 0 Å². The number of carbonyl (C=O) groups excluding carboxylic acids is 1. The quantitative estimate of drug-likeness (QED) is 0.592. The predicted molar refractivity (Wildman–Crippen MR) is 75.3 cm³/mol. The van der Waals surface area contributed by atoms with Gasteiger partial charge in [-0.25, -0.2) is 0 Å². The van der Waals surface area contributed by atoms with E-state index in [9.17, 15) is 9.59 Å². The number of nitrogens with two attached hydrogens (primary N) is 1. The summed E-state index contributed by atoms with van der Waals surface area (Å²) in [6, 6.07) is 0.126. The minimum Gasteiger partial charge on any atom is -0.481 e. The monoisotopic (exact) mass is 301 g/mol. The Bertz CT molecular complexity index is 477. The lowest BCUT2D eigenvalue weighted by atomic mass is 10.2. The summed E-state index contributed by atoms with van der Waals surface area (Å²) in [4.78, 5) is 22.2. The molecule has 0 saturated carbocycles. The van der Waals surface area contributed by atoms with Crippen LogP contribution in [0.15, 0.2) is 5.16 Å². The predicted octanol–water partition coefficient (Wildman–Crippen LogP) is 0.342. The zero-order valence-corrected chi connectivity index (χ0v) is 12.3. The molecule has 0 fully saturated rings. The summed E-state index contributed by atoms with van der Waals surface area (Å²) in [7, 11) is 0. The number of carboxylic acid groups (broad SMARTS) is 1. The van der Waals surface area contributed by atoms with Crippen molar-refractivity contribution in [2.75, 3.05) is 11.5 Å². The van der Waals surface area contributed by atoms with Crippen LogP contribution in [0.1, 0.15) is 26.7 Å². The molecule has 0 aliphatic carbocycles. The maximum absolute atomic E-state index is 11.7. The molecule has 1 atom stereocenters. The molecule has 1 aromatic rings. The lowest BCUT2D eigenvalue weighted by Crippen LogP contribution is -2.32. The first-order valence-electron chi connectivity index (χ1n) is 6.26. The number of aromatic nitrogens is 3. The maximum atomic E-state index is 11.7. The number of anilines is 1. The van der Waals surface area contributed by atoms with Crippen molar-refractivity contribution in [3.8, 4) is 0 Å². The van der Waals surface area contributed by atoms with E-state index in [1.165, 1.54) is 0 Å². The SMILES string of the molecule is CCC(C)NC(=O)CCn1c(N)nnc1SCC(=O)O. The third-order valence-corrected chi connectivity index (χ3v) is 3.60. The van der Waals surface area contributed by atoms with Gasteiger partial charge in [0, 0.05) is 19.0 Å². The van der Waals surface area contributed by atoms with Crippen molar-refractivity contribution in [1.82, 2.24) is 20.1 Å². The first kappa shape index (κ1) is 16.3. The minimum absolute atomic E-state index is 0.0818. The average molecular weight is 301 g/mol. The van der Waals surface area contributed by atoms with Gasteiger partial charge >= 0.3 is 5.97 Å². The molecule has 1 rings (SSSR count). The van der Waals surface area contributed by atoms with Crippen molar-refractivity contribution in [1.29, 1.82) is 0 Å². The van der Waals surface area contributed by atoms with Crippen molar-refractivity contribution >= 4 is 29.6 Å². The lowest BCUT2D eigenvalue weighted by molar-refractivity contribution is -0.134. The zero-order valence-electron chi connectivity index (χ0n) is 11.5. The van der Waals surface area contributed by atoms with Gasteiger partial charge in [-0.05, 0) is 13.3 Å². The van der Waals surface area contributed by atoms with Crippen LogP contribution in [-0.4, -0.2) is 43.5 Å². The van der Waals surface area contributed by atoms with Gasteiger partial charge < -0.3 is 16.2 Å². The lowest BCUT2D eigenvalue weighted by Gasteiger charge is -2.12. The highest BCUT2D eigenvalue weighted by Crippen LogP contribution is 2.18. The van der Waals surface area contributed by atoms with Crippen molar-refractivity contribution in [3.63, 3.8) is 0 Å². The average Bonchev–Trinajstić information content (AvgIpc) is 2.74. The van der Waals surface area contributed by atoms with Gasteiger partial charge in [-0.3, -0.25) is 14.2 Å². The van der Waals surface area contributed by atoms with Crippen molar-refractivity contribution < 1.29 is 14.7 Å². The maximum Gasteiger partial charge on any atom is 0.313 e. The molecule has 4 N–H and O–H groups in total. The zero-order chi connectivity index (χ0) is 15.1. The first-order chi connectivity index (χ1) is 9.43. The van der Waals surface area contributed by atoms with Crippen LogP contribution in [0.4, 0.5) is 5.95 Å². The van der Waals surface area contributed by atoms with Gasteiger partial charge in [0.05, 0.1) is 5.75 Å². The Hall–Kier alpha value is -1.77. The topological polar surface area (TPSA) is 123 Å². The summed E-state index contributed by atoms with van der Waals surface area (Å²) in [5.41, 5.74) is 5.66. The summed E-state index contributed by atoms with van der Waals surface area (Å²) in [5.74, 6) is -0.981. The molecule has 0 radical (unpaired) electrons. The fourth-order valence-electron chi connectivity index (χ4n) is 1.41. The van der Waals surface area contributed by atoms with Gasteiger partial charge in [-0.2, -0.15) is 0 Å². The Morgan fingerprint density at radius 2 is 2.20 bits per heavy atom. The van der Waals surface area contributed by atoms with Gasteiger partial charge in [0.25, 0.3) is 0 Å². The van der Waals surface area contributed by atoms with Crippen molar-refractivity contribution in [3.05, 3.63) is 0 Å². The van der Waals surface area contributed by atoms with E-state index in [0.29, 0.717) is 11.7 Å². The third-order valence-electron chi connectivity index (χ3n) is 2.65. The number of amides is 1. The first-order valence-corrected chi connectivity index (χ1v) is 7.25. The molecule has 0 saturated heterocycles. The second kappa shape index (κ2) is 7.73. The second-order valence-electron chi connectivity index (χ2n) is 4.30. The number of rotatable bonds is 8. The third kappa shape index (κ3) is 5.08. The van der Waals surface area contributed by atoms with Gasteiger partial charge in [0.2, 0.25) is 11.9 Å². The molecular weight excluding hydrogens is 282 g/mol. The van der Waals surface area contributed by atoms with E-state index in [-0.39, 0.29) is 30.1 Å². The molecule has 1 amide bonds. The second-order valence-corrected chi connectivity index (χ2v) is 5.24. The van der Waals surface area contributed by atoms with Crippen LogP contribution in [0.25, 0.3) is 0 Å². The number of carbonyl (C=O) groups is 2. The molecule has 9 heteroatoms. The molecule has 0 bridgehead atoms. The van der Waals surface area contributed by atoms with E-state index >= 15 is 0 Å². The fourth-order valence-corrected chi connectivity index (χ4v) is 2.10. The number of carboxylic acids is 1. The molecule has 1 aromatic heterocycles. The van der Waals surface area contributed by atoms with E-state index in [1.54, 1.807) is 4.57 Å². The van der Waals surface area contributed by atoms with Gasteiger partial charge in [-0.1, -0.05) is 18.7 Å². The van der Waals surface area contributed by atoms with Crippen molar-refractivity contribution in [2.24, 2.45) is 0 Å². The number of aliphatic carboxylic acids is 1. The molecule has 0 aliphatic rings. The highest BCUT2D eigenvalue weighted by molar-refractivity contribution is 7.99. The Morgan fingerprint density at radius 3 is 2.80 bits per heavy atom. The Balaban J connectivity index is 2.56. The minimum atomic E-state index is -0.947. The van der Waals surface area contributed by atoms with Gasteiger partial charge in [-0.15, -0.1) is 10.2 Å². The number of nitrogen functional groups attached to an aromatic ring is 1. The summed E-state index contributed by atoms with van der Waals surface area (Å²) in [6.45, 7) is 4.24. The van der Waals surface area contributed by atoms with Gasteiger partial charge in [0.15, 0.2) is 5.16 Å². The number of nitrogens with one attached hydrogen (secondary N) is 1. The van der Waals surface area contributed by atoms with E-state index in [2.05, 4.69) is 15.5 Å². The van der Waals surface area contributed by atoms with Crippen LogP contribution < -0.4 is 11.1 Å². The number of nitrogens with zero attached hydrogens (tertiary/aromatic N) is 3. The highest BCUT2D eigenvalue weighted by atomic mass is 32.2. The Labute approximate surface area is 121 Å². The van der Waals surface area contributed by atoms with E-state index < -0.39 is 5.97 Å². The summed E-state index contributed by atoms with van der Waals surface area (Å²) in [5, 5.41) is 19.4. The molecule has 0 aliphatic heterocycles. The Morgan fingerprint density at radius 1 is 1.50 bits per heavy atom. The molecule has 8 nitrogen and oxygen atoms in total. The summed E-state index contributed by atoms with van der Waals surface area (Å²) in [6.07, 6.45) is 1.10. The van der Waals surface area contributed by atoms with E-state index in [4.69, 9.17) is 10.8 Å². The number of thioether (sulfide) groups is 1. The molecule has 0 spiro atoms. The molecule has 112 valence electrons. The smallest absolute Gasteiger partial charge is 0.313 e. The van der Waals surface area contributed by atoms with Crippen LogP contribution in [-0.2, 0) is 16.1 Å². The molecule has 20 heavy (non-hydrogen) atoms. The fraction of sp³-hybridized carbons (Fsp3) is 0.636. The van der Waals surface area contributed by atoms with Crippen molar-refractivity contribution in [2.45, 2.75) is 44.4 Å². The van der Waals surface area contributed by atoms with Crippen LogP contribution in [0, 0.1) is 0 Å².